The summed E-state index contributed by atoms with van der Waals surface area (Å²) >= 11 is 0. The lowest BCUT2D eigenvalue weighted by Crippen LogP contribution is -2.43. The molecule has 138 valence electrons. The maximum Gasteiger partial charge on any atom is 0.228 e. The maximum absolute atomic E-state index is 12.2. The van der Waals surface area contributed by atoms with Crippen molar-refractivity contribution in [3.8, 4) is 5.75 Å². The van der Waals surface area contributed by atoms with Crippen LogP contribution >= 0.6 is 0 Å². The van der Waals surface area contributed by atoms with E-state index in [1.54, 1.807) is 7.11 Å². The van der Waals surface area contributed by atoms with Gasteiger partial charge in [-0.3, -0.25) is 9.69 Å². The maximum atomic E-state index is 12.2. The average molecular weight is 353 g/mol. The van der Waals surface area contributed by atoms with Crippen LogP contribution in [0.15, 0.2) is 48.5 Å². The van der Waals surface area contributed by atoms with Crippen LogP contribution in [0.4, 0.5) is 5.69 Å². The monoisotopic (exact) mass is 353 g/mol. The lowest BCUT2D eigenvalue weighted by atomic mass is 10.1. The Morgan fingerprint density at radius 3 is 2.46 bits per heavy atom. The van der Waals surface area contributed by atoms with Crippen LogP contribution in [0.25, 0.3) is 0 Å². The number of benzene rings is 2. The van der Waals surface area contributed by atoms with E-state index in [9.17, 15) is 4.79 Å². The summed E-state index contributed by atoms with van der Waals surface area (Å²) in [5.74, 6) is 0.744. The van der Waals surface area contributed by atoms with E-state index in [-0.39, 0.29) is 5.91 Å². The van der Waals surface area contributed by atoms with Gasteiger partial charge in [0.2, 0.25) is 5.91 Å². The second-order valence-corrected chi connectivity index (χ2v) is 6.85. The molecule has 1 heterocycles. The second kappa shape index (κ2) is 8.83. The van der Waals surface area contributed by atoms with Crippen LogP contribution in [-0.2, 0) is 17.8 Å². The Labute approximate surface area is 155 Å². The standard InChI is InChI=1S/C21H27N3O2/c1-23-10-12-24(13-11-23)16-17-6-8-19(9-7-17)22-21(25)15-18-4-3-5-20(14-18)26-2/h3-9,14H,10-13,15-16H2,1-2H3,(H,22,25). The van der Waals surface area contributed by atoms with Crippen molar-refractivity contribution in [1.82, 2.24) is 9.80 Å². The lowest BCUT2D eigenvalue weighted by molar-refractivity contribution is -0.115. The molecule has 0 aliphatic carbocycles. The third-order valence-electron chi connectivity index (χ3n) is 4.74. The Kier molecular flexibility index (Phi) is 6.26. The van der Waals surface area contributed by atoms with Crippen molar-refractivity contribution in [2.75, 3.05) is 45.7 Å². The number of hydrogen-bond donors (Lipinski definition) is 1. The first kappa shape index (κ1) is 18.4. The molecule has 5 heteroatoms. The molecule has 0 unspecified atom stereocenters. The highest BCUT2D eigenvalue weighted by molar-refractivity contribution is 5.92. The Bertz CT molecular complexity index is 722. The molecule has 26 heavy (non-hydrogen) atoms. The van der Waals surface area contributed by atoms with Crippen molar-refractivity contribution < 1.29 is 9.53 Å². The van der Waals surface area contributed by atoms with Crippen molar-refractivity contribution in [2.45, 2.75) is 13.0 Å². The molecule has 1 fully saturated rings. The van der Waals surface area contributed by atoms with Gasteiger partial charge in [0.05, 0.1) is 13.5 Å². The highest BCUT2D eigenvalue weighted by Gasteiger charge is 2.13. The van der Waals surface area contributed by atoms with Gasteiger partial charge in [0.1, 0.15) is 5.75 Å². The Morgan fingerprint density at radius 1 is 1.04 bits per heavy atom. The van der Waals surface area contributed by atoms with Crippen LogP contribution in [0, 0.1) is 0 Å². The molecule has 0 bridgehead atoms. The van der Waals surface area contributed by atoms with E-state index in [0.29, 0.717) is 6.42 Å². The number of rotatable bonds is 6. The SMILES string of the molecule is COc1cccc(CC(=O)Nc2ccc(CN3CCN(C)CC3)cc2)c1. The molecule has 0 saturated carbocycles. The number of carbonyl (C=O) groups excluding carboxylic acids is 1. The molecule has 0 radical (unpaired) electrons. The molecule has 3 rings (SSSR count). The number of hydrogen-bond acceptors (Lipinski definition) is 4. The average Bonchev–Trinajstić information content (AvgIpc) is 2.65. The van der Waals surface area contributed by atoms with Gasteiger partial charge in [0.15, 0.2) is 0 Å². The molecule has 0 aromatic heterocycles. The largest absolute Gasteiger partial charge is 0.497 e. The van der Waals surface area contributed by atoms with Gasteiger partial charge in [-0.1, -0.05) is 24.3 Å². The van der Waals surface area contributed by atoms with Crippen LogP contribution in [0.2, 0.25) is 0 Å². The predicted molar refractivity (Wildman–Crippen MR) is 105 cm³/mol. The van der Waals surface area contributed by atoms with E-state index in [0.717, 1.165) is 49.7 Å². The van der Waals surface area contributed by atoms with Crippen LogP contribution < -0.4 is 10.1 Å². The van der Waals surface area contributed by atoms with Crippen molar-refractivity contribution >= 4 is 11.6 Å². The minimum atomic E-state index is -0.0231. The van der Waals surface area contributed by atoms with E-state index in [1.807, 2.05) is 36.4 Å². The summed E-state index contributed by atoms with van der Waals surface area (Å²) in [5.41, 5.74) is 3.05. The van der Waals surface area contributed by atoms with Crippen LogP contribution in [0.5, 0.6) is 5.75 Å². The normalized spacial score (nSPS) is 15.6. The van der Waals surface area contributed by atoms with Gasteiger partial charge in [-0.05, 0) is 42.4 Å². The van der Waals surface area contributed by atoms with Gasteiger partial charge in [0, 0.05) is 38.4 Å². The number of nitrogens with one attached hydrogen (secondary N) is 1. The molecule has 1 aliphatic rings. The molecule has 1 N–H and O–H groups in total. The second-order valence-electron chi connectivity index (χ2n) is 6.85. The van der Waals surface area contributed by atoms with Crippen LogP contribution in [-0.4, -0.2) is 56.0 Å². The lowest BCUT2D eigenvalue weighted by Gasteiger charge is -2.32. The molecule has 2 aromatic rings. The summed E-state index contributed by atoms with van der Waals surface area (Å²) < 4.78 is 5.20. The first-order chi connectivity index (χ1) is 12.6. The van der Waals surface area contributed by atoms with Gasteiger partial charge in [-0.2, -0.15) is 0 Å². The summed E-state index contributed by atoms with van der Waals surface area (Å²) in [5, 5.41) is 2.96. The van der Waals surface area contributed by atoms with Gasteiger partial charge < -0.3 is 15.0 Å². The number of anilines is 1. The summed E-state index contributed by atoms with van der Waals surface area (Å²) in [6.07, 6.45) is 0.334. The quantitative estimate of drug-likeness (QED) is 0.867. The summed E-state index contributed by atoms with van der Waals surface area (Å²) in [4.78, 5) is 17.1. The molecular formula is C21H27N3O2. The fourth-order valence-electron chi connectivity index (χ4n) is 3.13. The summed E-state index contributed by atoms with van der Waals surface area (Å²) in [7, 11) is 3.79. The zero-order valence-electron chi connectivity index (χ0n) is 15.6. The minimum absolute atomic E-state index is 0.0231. The van der Waals surface area contributed by atoms with Crippen LogP contribution in [0.1, 0.15) is 11.1 Å². The Morgan fingerprint density at radius 2 is 1.77 bits per heavy atom. The number of ether oxygens (including phenoxy) is 1. The number of piperazine rings is 1. The first-order valence-electron chi connectivity index (χ1n) is 9.05. The van der Waals surface area contributed by atoms with Crippen molar-refractivity contribution in [3.05, 3.63) is 59.7 Å². The van der Waals surface area contributed by atoms with E-state index in [2.05, 4.69) is 34.3 Å². The third kappa shape index (κ3) is 5.31. The summed E-state index contributed by atoms with van der Waals surface area (Å²) in [6.45, 7) is 5.42. The number of amides is 1. The zero-order valence-corrected chi connectivity index (χ0v) is 15.6. The van der Waals surface area contributed by atoms with Crippen molar-refractivity contribution in [3.63, 3.8) is 0 Å². The fraction of sp³-hybridized carbons (Fsp3) is 0.381. The molecule has 1 aliphatic heterocycles. The number of likely N-dealkylation sites (N-methyl/N-ethyl adjacent to an activating group) is 1. The van der Waals surface area contributed by atoms with Gasteiger partial charge in [-0.25, -0.2) is 0 Å². The minimum Gasteiger partial charge on any atom is -0.497 e. The van der Waals surface area contributed by atoms with Crippen molar-refractivity contribution in [1.29, 1.82) is 0 Å². The van der Waals surface area contributed by atoms with Gasteiger partial charge in [0.25, 0.3) is 0 Å². The highest BCUT2D eigenvalue weighted by atomic mass is 16.5. The third-order valence-corrected chi connectivity index (χ3v) is 4.74. The molecule has 1 amide bonds. The van der Waals surface area contributed by atoms with E-state index in [4.69, 9.17) is 4.74 Å². The number of carbonyl (C=O) groups is 1. The van der Waals surface area contributed by atoms with Gasteiger partial charge >= 0.3 is 0 Å². The van der Waals surface area contributed by atoms with Gasteiger partial charge in [-0.15, -0.1) is 0 Å². The number of methoxy groups -OCH3 is 1. The Balaban J connectivity index is 1.51. The molecule has 0 atom stereocenters. The molecule has 0 spiro atoms. The van der Waals surface area contributed by atoms with Crippen molar-refractivity contribution in [2.24, 2.45) is 0 Å². The van der Waals surface area contributed by atoms with E-state index >= 15 is 0 Å². The molecule has 1 saturated heterocycles. The first-order valence-corrected chi connectivity index (χ1v) is 9.05. The highest BCUT2D eigenvalue weighted by Crippen LogP contribution is 2.15. The molecular weight excluding hydrogens is 326 g/mol. The molecule has 2 aromatic carbocycles. The topological polar surface area (TPSA) is 44.8 Å². The van der Waals surface area contributed by atoms with E-state index in [1.165, 1.54) is 5.56 Å². The smallest absolute Gasteiger partial charge is 0.228 e. The number of nitrogens with zero attached hydrogens (tertiary/aromatic N) is 2. The van der Waals surface area contributed by atoms with Crippen LogP contribution in [0.3, 0.4) is 0 Å². The zero-order chi connectivity index (χ0) is 18.4. The fourth-order valence-corrected chi connectivity index (χ4v) is 3.13. The summed E-state index contributed by atoms with van der Waals surface area (Å²) in [6, 6.07) is 15.7. The van der Waals surface area contributed by atoms with E-state index < -0.39 is 0 Å². The Hall–Kier alpha value is -2.37. The predicted octanol–water partition coefficient (Wildman–Crippen LogP) is 2.62. The molecule has 5 nitrogen and oxygen atoms in total.